The molecule has 0 saturated carbocycles. The van der Waals surface area contributed by atoms with Gasteiger partial charge in [-0.05, 0) is 99.1 Å². The van der Waals surface area contributed by atoms with E-state index in [9.17, 15) is 0 Å². The summed E-state index contributed by atoms with van der Waals surface area (Å²) >= 11 is 1.85. The monoisotopic (exact) mass is 884 g/mol. The molecule has 0 aliphatic carbocycles. The number of fused-ring (bicyclic) bond motifs is 7. The zero-order valence-corrected chi connectivity index (χ0v) is 37.6. The molecule has 68 heavy (non-hydrogen) atoms. The topological polar surface area (TPSA) is 43.6 Å². The molecule has 318 valence electrons. The van der Waals surface area contributed by atoms with Crippen molar-refractivity contribution < 1.29 is 0 Å². The van der Waals surface area contributed by atoms with Gasteiger partial charge >= 0.3 is 0 Å². The first-order valence-electron chi connectivity index (χ1n) is 22.9. The van der Waals surface area contributed by atoms with Crippen molar-refractivity contribution in [2.24, 2.45) is 0 Å². The minimum Gasteiger partial charge on any atom is -0.309 e. The molecule has 0 aliphatic heterocycles. The Labute approximate surface area is 397 Å². The molecule has 13 aromatic rings. The Hall–Kier alpha value is -8.77. The first-order chi connectivity index (χ1) is 33.7. The first kappa shape index (κ1) is 39.6. The van der Waals surface area contributed by atoms with Crippen molar-refractivity contribution in [2.75, 3.05) is 0 Å². The van der Waals surface area contributed by atoms with Gasteiger partial charge in [-0.3, -0.25) is 0 Å². The lowest BCUT2D eigenvalue weighted by molar-refractivity contribution is 1.07. The second-order valence-electron chi connectivity index (χ2n) is 17.1. The molecule has 3 aromatic heterocycles. The molecule has 0 aliphatic rings. The molecule has 0 unspecified atom stereocenters. The van der Waals surface area contributed by atoms with E-state index in [2.05, 4.69) is 211 Å². The van der Waals surface area contributed by atoms with Crippen molar-refractivity contribution in [3.63, 3.8) is 0 Å². The average molecular weight is 885 g/mol. The Kier molecular flexibility index (Phi) is 9.66. The highest BCUT2D eigenvalue weighted by molar-refractivity contribution is 7.26. The fourth-order valence-electron chi connectivity index (χ4n) is 9.89. The van der Waals surface area contributed by atoms with E-state index in [-0.39, 0.29) is 0 Å². The highest BCUT2D eigenvalue weighted by Gasteiger charge is 2.21. The van der Waals surface area contributed by atoms with Gasteiger partial charge in [-0.2, -0.15) is 0 Å². The molecule has 0 saturated heterocycles. The SMILES string of the molecule is c1ccc(-c2nc(-c3ccccc3)nc(-c3cc(-c4ccc(-c5ccccc5)c(-c5ccccc5)c4)ccc3-c3ccc4sc5ccc6c(c7ccccc7n6-c6ccccc6)c5c4c3)n2)cc1. The van der Waals surface area contributed by atoms with E-state index in [1.165, 1.54) is 64.2 Å². The normalized spacial score (nSPS) is 11.5. The molecular formula is C63H40N4S. The maximum atomic E-state index is 5.33. The number of hydrogen-bond donors (Lipinski definition) is 0. The lowest BCUT2D eigenvalue weighted by atomic mass is 9.89. The van der Waals surface area contributed by atoms with Crippen LogP contribution in [0.4, 0.5) is 0 Å². The van der Waals surface area contributed by atoms with Gasteiger partial charge in [-0.1, -0.05) is 188 Å². The van der Waals surface area contributed by atoms with Crippen LogP contribution >= 0.6 is 11.3 Å². The molecule has 0 fully saturated rings. The maximum Gasteiger partial charge on any atom is 0.164 e. The van der Waals surface area contributed by atoms with Crippen LogP contribution in [-0.4, -0.2) is 19.5 Å². The summed E-state index contributed by atoms with van der Waals surface area (Å²) in [5.41, 5.74) is 15.3. The van der Waals surface area contributed by atoms with Crippen LogP contribution in [0.15, 0.2) is 243 Å². The number of benzene rings is 10. The molecule has 13 rings (SSSR count). The Balaban J connectivity index is 1.06. The highest BCUT2D eigenvalue weighted by atomic mass is 32.1. The third kappa shape index (κ3) is 6.88. The Morgan fingerprint density at radius 2 is 0.765 bits per heavy atom. The van der Waals surface area contributed by atoms with E-state index in [0.29, 0.717) is 17.5 Å². The van der Waals surface area contributed by atoms with E-state index in [1.54, 1.807) is 0 Å². The summed E-state index contributed by atoms with van der Waals surface area (Å²) in [5.74, 6) is 1.86. The molecule has 0 spiro atoms. The third-order valence-corrected chi connectivity index (χ3v) is 14.2. The molecule has 5 heteroatoms. The largest absolute Gasteiger partial charge is 0.309 e. The van der Waals surface area contributed by atoms with Gasteiger partial charge in [0.15, 0.2) is 17.5 Å². The summed E-state index contributed by atoms with van der Waals surface area (Å²) < 4.78 is 4.91. The van der Waals surface area contributed by atoms with Gasteiger partial charge < -0.3 is 4.57 Å². The molecule has 3 heterocycles. The van der Waals surface area contributed by atoms with Crippen molar-refractivity contribution in [1.82, 2.24) is 19.5 Å². The standard InChI is InChI=1S/C63H40N4S/c1-6-18-41(19-7-1)49-33-30-45(38-52(49)42-20-8-2-9-21-42)46-31-34-50(53(39-46)63-65-61(43-22-10-3-11-23-43)64-62(66-63)44-24-12-4-13-25-44)47-32-36-57-54(40-47)60-58(68-57)37-35-56-59(60)51-28-16-17-29-55(51)67(56)48-26-14-5-15-27-48/h1-40H. The van der Waals surface area contributed by atoms with E-state index >= 15 is 0 Å². The second kappa shape index (κ2) is 16.6. The van der Waals surface area contributed by atoms with Crippen LogP contribution in [0, 0.1) is 0 Å². The smallest absolute Gasteiger partial charge is 0.164 e. The molecule has 0 atom stereocenters. The molecular weight excluding hydrogens is 845 g/mol. The molecule has 0 N–H and O–H groups in total. The summed E-state index contributed by atoms with van der Waals surface area (Å²) in [7, 11) is 0. The minimum absolute atomic E-state index is 0.613. The fourth-order valence-corrected chi connectivity index (χ4v) is 11.0. The molecule has 4 nitrogen and oxygen atoms in total. The van der Waals surface area contributed by atoms with Crippen LogP contribution in [0.3, 0.4) is 0 Å². The van der Waals surface area contributed by atoms with E-state index in [0.717, 1.165) is 44.6 Å². The first-order valence-corrected chi connectivity index (χ1v) is 23.7. The summed E-state index contributed by atoms with van der Waals surface area (Å²) in [5, 5.41) is 5.02. The van der Waals surface area contributed by atoms with Crippen molar-refractivity contribution >= 4 is 53.3 Å². The minimum atomic E-state index is 0.613. The van der Waals surface area contributed by atoms with Crippen LogP contribution in [0.2, 0.25) is 0 Å². The maximum absolute atomic E-state index is 5.33. The number of nitrogens with zero attached hydrogens (tertiary/aromatic N) is 4. The van der Waals surface area contributed by atoms with E-state index in [4.69, 9.17) is 15.0 Å². The van der Waals surface area contributed by atoms with Gasteiger partial charge in [0, 0.05) is 53.3 Å². The van der Waals surface area contributed by atoms with Gasteiger partial charge in [0.2, 0.25) is 0 Å². The predicted molar refractivity (Wildman–Crippen MR) is 285 cm³/mol. The number of para-hydroxylation sites is 2. The zero-order chi connectivity index (χ0) is 45.0. The second-order valence-corrected chi connectivity index (χ2v) is 18.2. The van der Waals surface area contributed by atoms with Crippen LogP contribution in [0.25, 0.3) is 126 Å². The molecule has 0 bridgehead atoms. The van der Waals surface area contributed by atoms with Crippen LogP contribution < -0.4 is 0 Å². The zero-order valence-electron chi connectivity index (χ0n) is 36.8. The summed E-state index contributed by atoms with van der Waals surface area (Å²) in [6.07, 6.45) is 0. The van der Waals surface area contributed by atoms with Crippen molar-refractivity contribution in [1.29, 1.82) is 0 Å². The summed E-state index contributed by atoms with van der Waals surface area (Å²) in [4.78, 5) is 15.7. The number of rotatable bonds is 8. The van der Waals surface area contributed by atoms with Gasteiger partial charge in [-0.15, -0.1) is 11.3 Å². The van der Waals surface area contributed by atoms with Gasteiger partial charge in [0.25, 0.3) is 0 Å². The van der Waals surface area contributed by atoms with Crippen LogP contribution in [0.1, 0.15) is 0 Å². The molecule has 0 amide bonds. The van der Waals surface area contributed by atoms with Crippen LogP contribution in [0.5, 0.6) is 0 Å². The fraction of sp³-hybridized carbons (Fsp3) is 0. The lowest BCUT2D eigenvalue weighted by Crippen LogP contribution is -2.01. The van der Waals surface area contributed by atoms with Crippen LogP contribution in [-0.2, 0) is 0 Å². The van der Waals surface area contributed by atoms with Gasteiger partial charge in [-0.25, -0.2) is 15.0 Å². The van der Waals surface area contributed by atoms with Crippen molar-refractivity contribution in [3.8, 4) is 84.4 Å². The average Bonchev–Trinajstić information content (AvgIpc) is 3.97. The molecule has 0 radical (unpaired) electrons. The predicted octanol–water partition coefficient (Wildman–Crippen LogP) is 17.0. The van der Waals surface area contributed by atoms with Gasteiger partial charge in [0.05, 0.1) is 11.0 Å². The van der Waals surface area contributed by atoms with E-state index < -0.39 is 0 Å². The Morgan fingerprint density at radius 3 is 1.40 bits per heavy atom. The molecule has 10 aromatic carbocycles. The Bertz CT molecular complexity index is 3940. The third-order valence-electron chi connectivity index (χ3n) is 13.1. The highest BCUT2D eigenvalue weighted by Crippen LogP contribution is 2.46. The summed E-state index contributed by atoms with van der Waals surface area (Å²) in [6.45, 7) is 0. The van der Waals surface area contributed by atoms with Gasteiger partial charge in [0.1, 0.15) is 0 Å². The number of thiophene rings is 1. The number of hydrogen-bond acceptors (Lipinski definition) is 4. The van der Waals surface area contributed by atoms with E-state index in [1.807, 2.05) is 47.7 Å². The van der Waals surface area contributed by atoms with Crippen molar-refractivity contribution in [2.45, 2.75) is 0 Å². The number of aromatic nitrogens is 4. The Morgan fingerprint density at radius 1 is 0.279 bits per heavy atom. The van der Waals surface area contributed by atoms with Crippen molar-refractivity contribution in [3.05, 3.63) is 243 Å². The quantitative estimate of drug-likeness (QED) is 0.153. The summed E-state index contributed by atoms with van der Waals surface area (Å²) in [6, 6.07) is 86.4. The lowest BCUT2D eigenvalue weighted by Gasteiger charge is -2.16.